The highest BCUT2D eigenvalue weighted by molar-refractivity contribution is 7.18. The topological polar surface area (TPSA) is 92.1 Å². The number of carbonyl (C=O) groups is 2. The van der Waals surface area contributed by atoms with E-state index in [2.05, 4.69) is 18.3 Å². The highest BCUT2D eigenvalue weighted by Gasteiger charge is 2.23. The minimum Gasteiger partial charge on any atom is -0.465 e. The maximum atomic E-state index is 13.4. The lowest BCUT2D eigenvalue weighted by Gasteiger charge is -2.10. The normalized spacial score (nSPS) is 10.6. The molecule has 164 valence electrons. The quantitative estimate of drug-likeness (QED) is 0.387. The number of amides is 1. The highest BCUT2D eigenvalue weighted by atomic mass is 32.1. The second-order valence-corrected chi connectivity index (χ2v) is 8.46. The van der Waals surface area contributed by atoms with Crippen LogP contribution >= 0.6 is 11.3 Å². The summed E-state index contributed by atoms with van der Waals surface area (Å²) >= 11 is 1.03. The van der Waals surface area contributed by atoms with Gasteiger partial charge in [-0.05, 0) is 36.6 Å². The summed E-state index contributed by atoms with van der Waals surface area (Å²) in [5.41, 5.74) is 4.67. The molecule has 2 aromatic heterocycles. The van der Waals surface area contributed by atoms with Gasteiger partial charge in [0.25, 0.3) is 5.91 Å². The van der Waals surface area contributed by atoms with Gasteiger partial charge in [0, 0.05) is 10.9 Å². The molecular weight excluding hydrogens is 434 g/mol. The van der Waals surface area contributed by atoms with Crippen molar-refractivity contribution in [3.05, 3.63) is 81.7 Å². The third kappa shape index (κ3) is 4.21. The van der Waals surface area contributed by atoms with Crippen molar-refractivity contribution in [1.29, 1.82) is 5.26 Å². The second kappa shape index (κ2) is 9.23. The van der Waals surface area contributed by atoms with Gasteiger partial charge in [-0.2, -0.15) is 5.26 Å². The Bertz CT molecular complexity index is 1420. The zero-order valence-corrected chi connectivity index (χ0v) is 19.2. The van der Waals surface area contributed by atoms with Gasteiger partial charge in [0.15, 0.2) is 0 Å². The van der Waals surface area contributed by atoms with Crippen LogP contribution in [0, 0.1) is 18.3 Å². The fourth-order valence-corrected chi connectivity index (χ4v) is 4.69. The number of esters is 1. The minimum absolute atomic E-state index is 0.252. The molecule has 0 aliphatic heterocycles. The second-order valence-electron chi connectivity index (χ2n) is 7.44. The molecule has 1 N–H and O–H groups in total. The van der Waals surface area contributed by atoms with Gasteiger partial charge in [-0.25, -0.2) is 9.78 Å². The van der Waals surface area contributed by atoms with E-state index in [1.54, 1.807) is 13.0 Å². The van der Waals surface area contributed by atoms with Crippen molar-refractivity contribution in [3.63, 3.8) is 0 Å². The zero-order chi connectivity index (χ0) is 23.5. The molecule has 4 aromatic rings. The molecule has 33 heavy (non-hydrogen) atoms. The first-order valence-electron chi connectivity index (χ1n) is 10.4. The fourth-order valence-electron chi connectivity index (χ4n) is 3.62. The van der Waals surface area contributed by atoms with Crippen LogP contribution in [0.5, 0.6) is 0 Å². The largest absolute Gasteiger partial charge is 0.465 e. The average molecular weight is 456 g/mol. The van der Waals surface area contributed by atoms with E-state index in [9.17, 15) is 14.9 Å². The Balaban J connectivity index is 1.79. The number of benzene rings is 2. The lowest BCUT2D eigenvalue weighted by molar-refractivity contribution is 0.0605. The van der Waals surface area contributed by atoms with Crippen LogP contribution in [0.25, 0.3) is 22.2 Å². The molecule has 7 heteroatoms. The van der Waals surface area contributed by atoms with E-state index >= 15 is 0 Å². The number of hydrogen-bond donors (Lipinski definition) is 1. The van der Waals surface area contributed by atoms with E-state index in [1.807, 2.05) is 48.5 Å². The summed E-state index contributed by atoms with van der Waals surface area (Å²) < 4.78 is 4.80. The molecule has 1 amide bonds. The number of thiophene rings is 1. The first-order valence-corrected chi connectivity index (χ1v) is 11.2. The lowest BCUT2D eigenvalue weighted by Crippen LogP contribution is -2.13. The molecule has 0 atom stereocenters. The number of para-hydroxylation sites is 1. The number of methoxy groups -OCH3 is 1. The molecule has 0 spiro atoms. The number of pyridine rings is 1. The molecule has 0 aliphatic rings. The first-order chi connectivity index (χ1) is 16.0. The van der Waals surface area contributed by atoms with Crippen LogP contribution in [0.4, 0.5) is 5.00 Å². The van der Waals surface area contributed by atoms with Gasteiger partial charge in [-0.3, -0.25) is 4.79 Å². The molecule has 0 bridgehead atoms. The Hall–Kier alpha value is -4.02. The van der Waals surface area contributed by atoms with Crippen molar-refractivity contribution in [2.45, 2.75) is 20.3 Å². The fraction of sp³-hybridized carbons (Fsp3) is 0.154. The van der Waals surface area contributed by atoms with Crippen molar-refractivity contribution in [2.24, 2.45) is 0 Å². The van der Waals surface area contributed by atoms with Gasteiger partial charge >= 0.3 is 5.97 Å². The molecule has 0 fully saturated rings. The van der Waals surface area contributed by atoms with Crippen LogP contribution in [0.2, 0.25) is 0 Å². The van der Waals surface area contributed by atoms with Crippen LogP contribution in [0.1, 0.15) is 43.6 Å². The number of nitrogens with one attached hydrogen (secondary N) is 1. The molecule has 6 nitrogen and oxygen atoms in total. The summed E-state index contributed by atoms with van der Waals surface area (Å²) in [5.74, 6) is -0.920. The van der Waals surface area contributed by atoms with Gasteiger partial charge in [-0.15, -0.1) is 11.3 Å². The SMILES string of the molecule is CCc1ccc(-c2cc(C(=O)Nc3sc(C(=O)OC)c(C)c3C#N)c3ccccc3n2)cc1. The number of nitriles is 1. The number of aromatic nitrogens is 1. The predicted octanol–water partition coefficient (Wildman–Crippen LogP) is 5.74. The molecule has 0 saturated heterocycles. The van der Waals surface area contributed by atoms with Gasteiger partial charge < -0.3 is 10.1 Å². The molecule has 4 rings (SSSR count). The Kier molecular flexibility index (Phi) is 6.20. The number of ether oxygens (including phenoxy) is 1. The van der Waals surface area contributed by atoms with Gasteiger partial charge in [0.2, 0.25) is 0 Å². The smallest absolute Gasteiger partial charge is 0.348 e. The van der Waals surface area contributed by atoms with E-state index in [-0.39, 0.29) is 11.5 Å². The van der Waals surface area contributed by atoms with Crippen molar-refractivity contribution in [2.75, 3.05) is 12.4 Å². The van der Waals surface area contributed by atoms with Gasteiger partial charge in [0.1, 0.15) is 15.9 Å². The van der Waals surface area contributed by atoms with E-state index in [0.29, 0.717) is 37.6 Å². The maximum absolute atomic E-state index is 13.4. The Labute approximate surface area is 195 Å². The van der Waals surface area contributed by atoms with Gasteiger partial charge in [-0.1, -0.05) is 49.4 Å². The van der Waals surface area contributed by atoms with Crippen molar-refractivity contribution >= 4 is 39.1 Å². The summed E-state index contributed by atoms with van der Waals surface area (Å²) in [6, 6.07) is 19.4. The molecular formula is C26H21N3O3S. The molecule has 0 saturated carbocycles. The Morgan fingerprint density at radius 1 is 1.15 bits per heavy atom. The maximum Gasteiger partial charge on any atom is 0.348 e. The van der Waals surface area contributed by atoms with Crippen molar-refractivity contribution < 1.29 is 14.3 Å². The molecule has 0 unspecified atom stereocenters. The van der Waals surface area contributed by atoms with Crippen LogP contribution in [-0.2, 0) is 11.2 Å². The molecule has 0 radical (unpaired) electrons. The predicted molar refractivity (Wildman–Crippen MR) is 130 cm³/mol. The average Bonchev–Trinajstić information content (AvgIpc) is 3.17. The first kappa shape index (κ1) is 22.2. The van der Waals surface area contributed by atoms with Crippen molar-refractivity contribution in [3.8, 4) is 17.3 Å². The number of aryl methyl sites for hydroxylation is 1. The number of hydrogen-bond acceptors (Lipinski definition) is 6. The van der Waals surface area contributed by atoms with E-state index in [1.165, 1.54) is 12.7 Å². The zero-order valence-electron chi connectivity index (χ0n) is 18.4. The third-order valence-electron chi connectivity index (χ3n) is 5.48. The number of rotatable bonds is 5. The van der Waals surface area contributed by atoms with E-state index in [4.69, 9.17) is 9.72 Å². The number of fused-ring (bicyclic) bond motifs is 1. The summed E-state index contributed by atoms with van der Waals surface area (Å²) in [6.45, 7) is 3.76. The molecule has 0 aliphatic carbocycles. The summed E-state index contributed by atoms with van der Waals surface area (Å²) in [7, 11) is 1.28. The standard InChI is InChI=1S/C26H21N3O3S/c1-4-16-9-11-17(12-10-16)22-13-19(18-7-5-6-8-21(18)28-22)24(30)29-25-20(14-27)15(2)23(33-25)26(31)32-3/h5-13H,4H2,1-3H3,(H,29,30). The monoisotopic (exact) mass is 455 g/mol. The number of carbonyl (C=O) groups excluding carboxylic acids is 2. The lowest BCUT2D eigenvalue weighted by atomic mass is 10.0. The summed E-state index contributed by atoms with van der Waals surface area (Å²) in [4.78, 5) is 30.5. The van der Waals surface area contributed by atoms with Crippen LogP contribution in [-0.4, -0.2) is 24.0 Å². The minimum atomic E-state index is -0.540. The summed E-state index contributed by atoms with van der Waals surface area (Å²) in [5, 5.41) is 13.4. The summed E-state index contributed by atoms with van der Waals surface area (Å²) in [6.07, 6.45) is 0.939. The Morgan fingerprint density at radius 2 is 1.88 bits per heavy atom. The van der Waals surface area contributed by atoms with E-state index in [0.717, 1.165) is 23.3 Å². The van der Waals surface area contributed by atoms with Crippen LogP contribution in [0.3, 0.4) is 0 Å². The van der Waals surface area contributed by atoms with Crippen LogP contribution in [0.15, 0.2) is 54.6 Å². The number of nitrogens with zero attached hydrogens (tertiary/aromatic N) is 2. The molecule has 2 aromatic carbocycles. The van der Waals surface area contributed by atoms with Gasteiger partial charge in [0.05, 0.1) is 29.4 Å². The van der Waals surface area contributed by atoms with E-state index < -0.39 is 5.97 Å². The number of anilines is 1. The Morgan fingerprint density at radius 3 is 2.55 bits per heavy atom. The third-order valence-corrected chi connectivity index (χ3v) is 6.66. The van der Waals surface area contributed by atoms with Crippen LogP contribution < -0.4 is 5.32 Å². The highest BCUT2D eigenvalue weighted by Crippen LogP contribution is 2.34. The molecule has 2 heterocycles. The van der Waals surface area contributed by atoms with Crippen molar-refractivity contribution in [1.82, 2.24) is 4.98 Å².